The van der Waals surface area contributed by atoms with E-state index in [1.165, 1.54) is 4.88 Å². The van der Waals surface area contributed by atoms with Crippen molar-refractivity contribution in [2.45, 2.75) is 52.6 Å². The van der Waals surface area contributed by atoms with Crippen LogP contribution in [-0.4, -0.2) is 21.0 Å². The van der Waals surface area contributed by atoms with Gasteiger partial charge in [0.2, 0.25) is 0 Å². The summed E-state index contributed by atoms with van der Waals surface area (Å²) in [6.45, 7) is 11.7. The Bertz CT molecular complexity index is 555. The fourth-order valence-corrected chi connectivity index (χ4v) is 3.06. The summed E-state index contributed by atoms with van der Waals surface area (Å²) in [5.41, 5.74) is 2.03. The fraction of sp³-hybridized carbons (Fsp3) is 0.533. The van der Waals surface area contributed by atoms with Gasteiger partial charge < -0.3 is 5.32 Å². The summed E-state index contributed by atoms with van der Waals surface area (Å²) in [6.07, 6.45) is 5.16. The minimum Gasteiger partial charge on any atom is -0.310 e. The predicted octanol–water partition coefficient (Wildman–Crippen LogP) is 3.40. The number of thiazole rings is 1. The van der Waals surface area contributed by atoms with Gasteiger partial charge in [-0.3, -0.25) is 9.97 Å². The van der Waals surface area contributed by atoms with Crippen molar-refractivity contribution in [1.29, 1.82) is 0 Å². The van der Waals surface area contributed by atoms with E-state index in [0.717, 1.165) is 22.9 Å². The fourth-order valence-electron chi connectivity index (χ4n) is 1.87. The third-order valence-corrected chi connectivity index (χ3v) is 3.94. The smallest absolute Gasteiger partial charge is 0.144 e. The van der Waals surface area contributed by atoms with Gasteiger partial charge in [-0.05, 0) is 0 Å². The van der Waals surface area contributed by atoms with E-state index in [2.05, 4.69) is 49.9 Å². The first-order valence-corrected chi connectivity index (χ1v) is 7.69. The Morgan fingerprint density at radius 2 is 2.00 bits per heavy atom. The molecule has 0 atom stereocenters. The molecule has 0 saturated heterocycles. The minimum atomic E-state index is 0.0327. The van der Waals surface area contributed by atoms with Gasteiger partial charge in [-0.1, -0.05) is 34.6 Å². The van der Waals surface area contributed by atoms with Crippen molar-refractivity contribution >= 4 is 11.3 Å². The topological polar surface area (TPSA) is 50.7 Å². The van der Waals surface area contributed by atoms with Crippen molar-refractivity contribution in [2.24, 2.45) is 0 Å². The first kappa shape index (κ1) is 15.1. The Kier molecular flexibility index (Phi) is 4.50. The van der Waals surface area contributed by atoms with Gasteiger partial charge in [0.05, 0.1) is 11.9 Å². The van der Waals surface area contributed by atoms with E-state index in [0.29, 0.717) is 6.04 Å². The average molecular weight is 290 g/mol. The zero-order chi connectivity index (χ0) is 14.8. The van der Waals surface area contributed by atoms with Crippen LogP contribution in [0.15, 0.2) is 18.6 Å². The Hall–Kier alpha value is -1.33. The standard InChI is InChI=1S/C15H22N4S/c1-10(2)18-9-12-13(15(3,4)5)19-14(20-12)11-8-16-6-7-17-11/h6-8,10,18H,9H2,1-5H3. The van der Waals surface area contributed by atoms with Crippen LogP contribution in [0.3, 0.4) is 0 Å². The van der Waals surface area contributed by atoms with Crippen molar-refractivity contribution in [2.75, 3.05) is 0 Å². The van der Waals surface area contributed by atoms with Crippen molar-refractivity contribution in [3.63, 3.8) is 0 Å². The van der Waals surface area contributed by atoms with E-state index in [1.54, 1.807) is 29.9 Å². The second-order valence-electron chi connectivity index (χ2n) is 6.17. The lowest BCUT2D eigenvalue weighted by Gasteiger charge is -2.18. The molecule has 0 spiro atoms. The molecule has 2 heterocycles. The van der Waals surface area contributed by atoms with Crippen LogP contribution < -0.4 is 5.32 Å². The molecule has 0 unspecified atom stereocenters. The highest BCUT2D eigenvalue weighted by Gasteiger charge is 2.24. The average Bonchev–Trinajstić information content (AvgIpc) is 2.81. The molecule has 20 heavy (non-hydrogen) atoms. The number of hydrogen-bond acceptors (Lipinski definition) is 5. The summed E-state index contributed by atoms with van der Waals surface area (Å²) in [7, 11) is 0. The highest BCUT2D eigenvalue weighted by atomic mass is 32.1. The maximum absolute atomic E-state index is 4.81. The van der Waals surface area contributed by atoms with Crippen LogP contribution in [0, 0.1) is 0 Å². The Labute approximate surface area is 124 Å². The van der Waals surface area contributed by atoms with Crippen LogP contribution in [0.2, 0.25) is 0 Å². The van der Waals surface area contributed by atoms with Gasteiger partial charge in [-0.25, -0.2) is 4.98 Å². The zero-order valence-electron chi connectivity index (χ0n) is 12.8. The molecule has 0 aromatic carbocycles. The van der Waals surface area contributed by atoms with E-state index in [-0.39, 0.29) is 5.41 Å². The van der Waals surface area contributed by atoms with E-state index in [4.69, 9.17) is 4.98 Å². The Balaban J connectivity index is 2.37. The first-order chi connectivity index (χ1) is 9.38. The first-order valence-electron chi connectivity index (χ1n) is 6.88. The van der Waals surface area contributed by atoms with Crippen LogP contribution >= 0.6 is 11.3 Å². The second kappa shape index (κ2) is 5.97. The summed E-state index contributed by atoms with van der Waals surface area (Å²) >= 11 is 1.71. The molecule has 0 aliphatic carbocycles. The van der Waals surface area contributed by atoms with Crippen molar-refractivity contribution < 1.29 is 0 Å². The number of nitrogens with one attached hydrogen (secondary N) is 1. The van der Waals surface area contributed by atoms with Gasteiger partial charge in [0, 0.05) is 35.3 Å². The quantitative estimate of drug-likeness (QED) is 0.937. The van der Waals surface area contributed by atoms with Gasteiger partial charge in [0.1, 0.15) is 10.7 Å². The highest BCUT2D eigenvalue weighted by Crippen LogP contribution is 2.33. The maximum Gasteiger partial charge on any atom is 0.144 e. The molecule has 0 aliphatic heterocycles. The molecule has 0 aliphatic rings. The predicted molar refractivity (Wildman–Crippen MR) is 83.8 cm³/mol. The zero-order valence-corrected chi connectivity index (χ0v) is 13.6. The summed E-state index contributed by atoms with van der Waals surface area (Å²) in [6, 6.07) is 0.463. The van der Waals surface area contributed by atoms with Crippen LogP contribution in [0.5, 0.6) is 0 Å². The number of hydrogen-bond donors (Lipinski definition) is 1. The van der Waals surface area contributed by atoms with E-state index >= 15 is 0 Å². The SMILES string of the molecule is CC(C)NCc1sc(-c2cnccn2)nc1C(C)(C)C. The second-order valence-corrected chi connectivity index (χ2v) is 7.25. The monoisotopic (exact) mass is 290 g/mol. The lowest BCUT2D eigenvalue weighted by atomic mass is 9.91. The highest BCUT2D eigenvalue weighted by molar-refractivity contribution is 7.15. The van der Waals surface area contributed by atoms with E-state index in [9.17, 15) is 0 Å². The largest absolute Gasteiger partial charge is 0.310 e. The van der Waals surface area contributed by atoms with Crippen LogP contribution in [0.1, 0.15) is 45.2 Å². The molecule has 1 N–H and O–H groups in total. The van der Waals surface area contributed by atoms with E-state index < -0.39 is 0 Å². The van der Waals surface area contributed by atoms with Crippen LogP contribution in [0.4, 0.5) is 0 Å². The number of nitrogens with zero attached hydrogens (tertiary/aromatic N) is 3. The van der Waals surface area contributed by atoms with Crippen molar-refractivity contribution in [3.05, 3.63) is 29.2 Å². The van der Waals surface area contributed by atoms with Gasteiger partial charge in [-0.15, -0.1) is 11.3 Å². The summed E-state index contributed by atoms with van der Waals surface area (Å²) in [5.74, 6) is 0. The summed E-state index contributed by atoms with van der Waals surface area (Å²) in [4.78, 5) is 14.6. The normalized spacial score (nSPS) is 12.1. The number of aromatic nitrogens is 3. The minimum absolute atomic E-state index is 0.0327. The molecule has 2 rings (SSSR count). The van der Waals surface area contributed by atoms with Gasteiger partial charge >= 0.3 is 0 Å². The lowest BCUT2D eigenvalue weighted by Crippen LogP contribution is -2.23. The van der Waals surface area contributed by atoms with Gasteiger partial charge in [-0.2, -0.15) is 0 Å². The molecule has 0 bridgehead atoms. The molecule has 2 aromatic rings. The lowest BCUT2D eigenvalue weighted by molar-refractivity contribution is 0.546. The van der Waals surface area contributed by atoms with Gasteiger partial charge in [0.25, 0.3) is 0 Å². The van der Waals surface area contributed by atoms with E-state index in [1.807, 2.05) is 0 Å². The molecule has 0 saturated carbocycles. The molecule has 5 heteroatoms. The molecule has 0 radical (unpaired) electrons. The third-order valence-electron chi connectivity index (χ3n) is 2.86. The molecule has 108 valence electrons. The molecular formula is C15H22N4S. The Morgan fingerprint density at radius 3 is 2.55 bits per heavy atom. The summed E-state index contributed by atoms with van der Waals surface area (Å²) in [5, 5.41) is 4.42. The number of rotatable bonds is 4. The Morgan fingerprint density at radius 1 is 1.25 bits per heavy atom. The summed E-state index contributed by atoms with van der Waals surface area (Å²) < 4.78 is 0. The maximum atomic E-state index is 4.81. The van der Waals surface area contributed by atoms with Crippen molar-refractivity contribution in [1.82, 2.24) is 20.3 Å². The molecule has 4 nitrogen and oxygen atoms in total. The molecule has 0 amide bonds. The molecule has 0 fully saturated rings. The van der Waals surface area contributed by atoms with Gasteiger partial charge in [0.15, 0.2) is 0 Å². The third kappa shape index (κ3) is 3.61. The molecular weight excluding hydrogens is 268 g/mol. The van der Waals surface area contributed by atoms with Crippen molar-refractivity contribution in [3.8, 4) is 10.7 Å². The van der Waals surface area contributed by atoms with Crippen LogP contribution in [-0.2, 0) is 12.0 Å². The van der Waals surface area contributed by atoms with Crippen LogP contribution in [0.25, 0.3) is 10.7 Å². The molecule has 2 aromatic heterocycles.